The molecule has 0 saturated carbocycles. The van der Waals surface area contributed by atoms with E-state index in [9.17, 15) is 0 Å². The lowest BCUT2D eigenvalue weighted by Gasteiger charge is -2.18. The first-order valence-electron chi connectivity index (χ1n) is 7.45. The van der Waals surface area contributed by atoms with E-state index in [-0.39, 0.29) is 6.04 Å². The van der Waals surface area contributed by atoms with Crippen molar-refractivity contribution in [1.82, 2.24) is 5.32 Å². The third-order valence-electron chi connectivity index (χ3n) is 3.80. The van der Waals surface area contributed by atoms with Gasteiger partial charge in [-0.1, -0.05) is 78.9 Å². The minimum atomic E-state index is -1.20. The number of rotatable bonds is 5. The first-order valence-corrected chi connectivity index (χ1v) is 11.3. The summed E-state index contributed by atoms with van der Waals surface area (Å²) in [5.74, 6) is 0. The van der Waals surface area contributed by atoms with Crippen molar-refractivity contribution in [3.63, 3.8) is 0 Å². The summed E-state index contributed by atoms with van der Waals surface area (Å²) in [5.41, 5.74) is 2.47. The normalized spacial score (nSPS) is 13.2. The van der Waals surface area contributed by atoms with Crippen LogP contribution in [0.1, 0.15) is 24.1 Å². The molecule has 0 aromatic heterocycles. The van der Waals surface area contributed by atoms with Crippen LogP contribution in [0.5, 0.6) is 0 Å². The third-order valence-corrected chi connectivity index (χ3v) is 6.21. The molecule has 0 heterocycles. The molecule has 2 aromatic rings. The Morgan fingerprint density at radius 1 is 1.00 bits per heavy atom. The third kappa shape index (κ3) is 4.44. The Bertz CT molecular complexity index is 587. The van der Waals surface area contributed by atoms with E-state index in [1.165, 1.54) is 10.8 Å². The number of halogens is 1. The Balaban J connectivity index is 1.99. The monoisotopic (exact) mass is 317 g/mol. The fraction of sp³-hybridized carbons (Fsp3) is 0.333. The van der Waals surface area contributed by atoms with E-state index in [1.54, 1.807) is 0 Å². The number of nitrogens with one attached hydrogen (secondary N) is 1. The average Bonchev–Trinajstić information content (AvgIpc) is 2.45. The molecular formula is C18H24ClNSi. The first-order chi connectivity index (χ1) is 9.88. The maximum atomic E-state index is 6.24. The van der Waals surface area contributed by atoms with Crippen molar-refractivity contribution in [2.45, 2.75) is 39.2 Å². The Labute approximate surface area is 134 Å². The average molecular weight is 318 g/mol. The second-order valence-corrected chi connectivity index (χ2v) is 12.1. The Morgan fingerprint density at radius 3 is 2.19 bits per heavy atom. The molecule has 112 valence electrons. The van der Waals surface area contributed by atoms with Crippen LogP contribution in [0.4, 0.5) is 0 Å². The molecule has 2 aromatic carbocycles. The van der Waals surface area contributed by atoms with E-state index in [0.29, 0.717) is 0 Å². The molecular weight excluding hydrogens is 294 g/mol. The molecule has 0 saturated heterocycles. The quantitative estimate of drug-likeness (QED) is 0.786. The van der Waals surface area contributed by atoms with Crippen molar-refractivity contribution < 1.29 is 0 Å². The highest BCUT2D eigenvalue weighted by Crippen LogP contribution is 2.22. The molecule has 0 radical (unpaired) electrons. The fourth-order valence-electron chi connectivity index (χ4n) is 2.33. The molecule has 0 bridgehead atoms. The van der Waals surface area contributed by atoms with Gasteiger partial charge in [0.1, 0.15) is 0 Å². The lowest BCUT2D eigenvalue weighted by molar-refractivity contribution is 0.575. The topological polar surface area (TPSA) is 12.0 Å². The SMILES string of the molecule is C[C@@H](NCc1ccc([Si](C)(C)C)cc1)c1ccccc1Cl. The van der Waals surface area contributed by atoms with E-state index >= 15 is 0 Å². The second-order valence-electron chi connectivity index (χ2n) is 6.57. The van der Waals surface area contributed by atoms with Gasteiger partial charge in [-0.25, -0.2) is 0 Å². The first kappa shape index (κ1) is 16.3. The van der Waals surface area contributed by atoms with Gasteiger partial charge in [0.25, 0.3) is 0 Å². The molecule has 0 amide bonds. The van der Waals surface area contributed by atoms with Crippen LogP contribution in [-0.4, -0.2) is 8.07 Å². The maximum absolute atomic E-state index is 6.24. The fourth-order valence-corrected chi connectivity index (χ4v) is 3.80. The minimum Gasteiger partial charge on any atom is -0.306 e. The summed E-state index contributed by atoms with van der Waals surface area (Å²) in [6.07, 6.45) is 0. The predicted molar refractivity (Wildman–Crippen MR) is 96.1 cm³/mol. The molecule has 1 atom stereocenters. The van der Waals surface area contributed by atoms with Crippen molar-refractivity contribution in [2.24, 2.45) is 0 Å². The number of hydrogen-bond acceptors (Lipinski definition) is 1. The summed E-state index contributed by atoms with van der Waals surface area (Å²) in [6.45, 7) is 10.1. The largest absolute Gasteiger partial charge is 0.306 e. The van der Waals surface area contributed by atoms with Crippen LogP contribution in [0.2, 0.25) is 24.7 Å². The van der Waals surface area contributed by atoms with Gasteiger partial charge in [-0.2, -0.15) is 0 Å². The van der Waals surface area contributed by atoms with Crippen LogP contribution in [-0.2, 0) is 6.54 Å². The molecule has 0 fully saturated rings. The molecule has 0 spiro atoms. The van der Waals surface area contributed by atoms with Crippen LogP contribution in [0.25, 0.3) is 0 Å². The Morgan fingerprint density at radius 2 is 1.62 bits per heavy atom. The second kappa shape index (κ2) is 6.78. The lowest BCUT2D eigenvalue weighted by atomic mass is 10.1. The molecule has 0 aliphatic carbocycles. The highest BCUT2D eigenvalue weighted by atomic mass is 35.5. The Hall–Kier alpha value is -1.09. The summed E-state index contributed by atoms with van der Waals surface area (Å²) >= 11 is 6.24. The van der Waals surface area contributed by atoms with Gasteiger partial charge in [0.15, 0.2) is 0 Å². The van der Waals surface area contributed by atoms with E-state index < -0.39 is 8.07 Å². The highest BCUT2D eigenvalue weighted by Gasteiger charge is 2.15. The van der Waals surface area contributed by atoms with E-state index in [1.807, 2.05) is 18.2 Å². The van der Waals surface area contributed by atoms with Gasteiger partial charge in [-0.3, -0.25) is 0 Å². The van der Waals surface area contributed by atoms with Gasteiger partial charge in [-0.15, -0.1) is 0 Å². The van der Waals surface area contributed by atoms with Crippen molar-refractivity contribution in [3.8, 4) is 0 Å². The summed E-state index contributed by atoms with van der Waals surface area (Å²) in [7, 11) is -1.20. The summed E-state index contributed by atoms with van der Waals surface area (Å²) in [6, 6.07) is 17.3. The zero-order chi connectivity index (χ0) is 15.5. The minimum absolute atomic E-state index is 0.246. The van der Waals surface area contributed by atoms with Crippen LogP contribution in [0, 0.1) is 0 Å². The summed E-state index contributed by atoms with van der Waals surface area (Å²) in [5, 5.41) is 5.87. The zero-order valence-corrected chi connectivity index (χ0v) is 15.0. The van der Waals surface area contributed by atoms with Gasteiger partial charge < -0.3 is 5.32 Å². The van der Waals surface area contributed by atoms with E-state index in [2.05, 4.69) is 62.2 Å². The number of hydrogen-bond donors (Lipinski definition) is 1. The standard InChI is InChI=1S/C18H24ClNSi/c1-14(17-7-5-6-8-18(17)19)20-13-15-9-11-16(12-10-15)21(2,3)4/h5-12,14,20H,13H2,1-4H3/t14-/m1/s1. The van der Waals surface area contributed by atoms with Crippen molar-refractivity contribution in [1.29, 1.82) is 0 Å². The smallest absolute Gasteiger partial charge is 0.0775 e. The van der Waals surface area contributed by atoms with Crippen LogP contribution < -0.4 is 10.5 Å². The van der Waals surface area contributed by atoms with Crippen molar-refractivity contribution in [3.05, 3.63) is 64.7 Å². The molecule has 2 rings (SSSR count). The van der Waals surface area contributed by atoms with Crippen LogP contribution in [0.3, 0.4) is 0 Å². The Kier molecular flexibility index (Phi) is 5.25. The molecule has 21 heavy (non-hydrogen) atoms. The van der Waals surface area contributed by atoms with E-state index in [4.69, 9.17) is 11.6 Å². The molecule has 0 aliphatic rings. The van der Waals surface area contributed by atoms with Crippen LogP contribution in [0.15, 0.2) is 48.5 Å². The summed E-state index contributed by atoms with van der Waals surface area (Å²) in [4.78, 5) is 0. The number of benzene rings is 2. The molecule has 0 unspecified atom stereocenters. The van der Waals surface area contributed by atoms with Crippen LogP contribution >= 0.6 is 11.6 Å². The van der Waals surface area contributed by atoms with Gasteiger partial charge in [0.05, 0.1) is 8.07 Å². The van der Waals surface area contributed by atoms with Gasteiger partial charge in [0.2, 0.25) is 0 Å². The van der Waals surface area contributed by atoms with Crippen molar-refractivity contribution in [2.75, 3.05) is 0 Å². The van der Waals surface area contributed by atoms with E-state index in [0.717, 1.165) is 17.1 Å². The molecule has 1 N–H and O–H groups in total. The van der Waals surface area contributed by atoms with Gasteiger partial charge >= 0.3 is 0 Å². The van der Waals surface area contributed by atoms with Gasteiger partial charge in [-0.05, 0) is 24.1 Å². The summed E-state index contributed by atoms with van der Waals surface area (Å²) < 4.78 is 0. The molecule has 3 heteroatoms. The lowest BCUT2D eigenvalue weighted by Crippen LogP contribution is -2.37. The van der Waals surface area contributed by atoms with Crippen molar-refractivity contribution >= 4 is 24.9 Å². The zero-order valence-electron chi connectivity index (χ0n) is 13.3. The maximum Gasteiger partial charge on any atom is 0.0775 e. The molecule has 1 nitrogen and oxygen atoms in total. The van der Waals surface area contributed by atoms with Gasteiger partial charge in [0, 0.05) is 17.6 Å². The molecule has 0 aliphatic heterocycles. The predicted octanol–water partition coefficient (Wildman–Crippen LogP) is 4.74. The highest BCUT2D eigenvalue weighted by molar-refractivity contribution is 6.88.